The topological polar surface area (TPSA) is 21.7 Å². The van der Waals surface area contributed by atoms with Gasteiger partial charge in [-0.15, -0.1) is 0 Å². The first-order chi connectivity index (χ1) is 9.31. The summed E-state index contributed by atoms with van der Waals surface area (Å²) in [6, 6.07) is 7.80. The Balaban J connectivity index is 2.29. The summed E-state index contributed by atoms with van der Waals surface area (Å²) in [6.45, 7) is 8.67. The Morgan fingerprint density at radius 1 is 0.947 bits per heavy atom. The molecule has 0 amide bonds. The van der Waals surface area contributed by atoms with Crippen molar-refractivity contribution in [1.82, 2.24) is 4.90 Å². The lowest BCUT2D eigenvalue weighted by Crippen LogP contribution is -2.27. The van der Waals surface area contributed by atoms with Crippen LogP contribution in [0.15, 0.2) is 24.3 Å². The van der Waals surface area contributed by atoms with Gasteiger partial charge in [0.15, 0.2) is 11.5 Å². The fourth-order valence-electron chi connectivity index (χ4n) is 2.18. The monoisotopic (exact) mass is 265 g/mol. The van der Waals surface area contributed by atoms with Crippen molar-refractivity contribution in [1.29, 1.82) is 0 Å². The molecule has 0 aliphatic rings. The average Bonchev–Trinajstić information content (AvgIpc) is 2.44. The molecule has 0 aliphatic carbocycles. The van der Waals surface area contributed by atoms with Gasteiger partial charge in [-0.05, 0) is 44.5 Å². The molecule has 1 rings (SSSR count). The number of hydrogen-bond donors (Lipinski definition) is 0. The van der Waals surface area contributed by atoms with Crippen LogP contribution in [0.5, 0.6) is 11.5 Å². The van der Waals surface area contributed by atoms with E-state index in [0.717, 1.165) is 31.1 Å². The third kappa shape index (κ3) is 5.97. The third-order valence-corrected chi connectivity index (χ3v) is 3.02. The highest BCUT2D eigenvalue weighted by atomic mass is 16.5. The van der Waals surface area contributed by atoms with Gasteiger partial charge in [-0.3, -0.25) is 0 Å². The van der Waals surface area contributed by atoms with Gasteiger partial charge in [-0.1, -0.05) is 26.0 Å². The number of methoxy groups -OCH3 is 1. The van der Waals surface area contributed by atoms with E-state index in [4.69, 9.17) is 9.47 Å². The highest BCUT2D eigenvalue weighted by molar-refractivity contribution is 5.39. The van der Waals surface area contributed by atoms with Gasteiger partial charge in [0.25, 0.3) is 0 Å². The standard InChI is InChI=1S/C16H27NO2/c1-4-11-17(12-5-2)13-8-14-19-16-10-7-6-9-15(16)18-3/h6-7,9-10H,4-5,8,11-14H2,1-3H3. The molecule has 108 valence electrons. The Kier molecular flexibility index (Phi) is 8.07. The van der Waals surface area contributed by atoms with Crippen molar-refractivity contribution in [2.45, 2.75) is 33.1 Å². The normalized spacial score (nSPS) is 10.7. The largest absolute Gasteiger partial charge is 0.493 e. The number of rotatable bonds is 10. The molecule has 0 aliphatic heterocycles. The van der Waals surface area contributed by atoms with Crippen LogP contribution in [-0.4, -0.2) is 38.3 Å². The van der Waals surface area contributed by atoms with Gasteiger partial charge in [0, 0.05) is 6.54 Å². The lowest BCUT2D eigenvalue weighted by atomic mass is 10.3. The summed E-state index contributed by atoms with van der Waals surface area (Å²) >= 11 is 0. The predicted octanol–water partition coefficient (Wildman–Crippen LogP) is 3.59. The van der Waals surface area contributed by atoms with Crippen LogP contribution in [0.2, 0.25) is 0 Å². The summed E-state index contributed by atoms with van der Waals surface area (Å²) in [7, 11) is 1.67. The molecular formula is C16H27NO2. The van der Waals surface area contributed by atoms with Gasteiger partial charge in [0.1, 0.15) is 0 Å². The van der Waals surface area contributed by atoms with E-state index < -0.39 is 0 Å². The molecule has 0 radical (unpaired) electrons. The molecule has 0 aromatic heterocycles. The van der Waals surface area contributed by atoms with E-state index in [-0.39, 0.29) is 0 Å². The van der Waals surface area contributed by atoms with Crippen molar-refractivity contribution >= 4 is 0 Å². The van der Waals surface area contributed by atoms with E-state index in [9.17, 15) is 0 Å². The molecule has 0 bridgehead atoms. The molecule has 0 atom stereocenters. The molecule has 0 spiro atoms. The smallest absolute Gasteiger partial charge is 0.161 e. The molecule has 0 heterocycles. The molecule has 0 saturated heterocycles. The highest BCUT2D eigenvalue weighted by Crippen LogP contribution is 2.25. The second-order valence-electron chi connectivity index (χ2n) is 4.69. The molecule has 0 fully saturated rings. The molecule has 0 N–H and O–H groups in total. The Morgan fingerprint density at radius 3 is 2.16 bits per heavy atom. The van der Waals surface area contributed by atoms with Gasteiger partial charge in [0.05, 0.1) is 13.7 Å². The van der Waals surface area contributed by atoms with E-state index >= 15 is 0 Å². The van der Waals surface area contributed by atoms with Crippen LogP contribution < -0.4 is 9.47 Å². The van der Waals surface area contributed by atoms with Crippen LogP contribution >= 0.6 is 0 Å². The predicted molar refractivity (Wildman–Crippen MR) is 80.1 cm³/mol. The summed E-state index contributed by atoms with van der Waals surface area (Å²) in [5, 5.41) is 0. The first-order valence-corrected chi connectivity index (χ1v) is 7.30. The molecule has 0 unspecified atom stereocenters. The van der Waals surface area contributed by atoms with Crippen LogP contribution in [0.1, 0.15) is 33.1 Å². The summed E-state index contributed by atoms with van der Waals surface area (Å²) in [5.41, 5.74) is 0. The minimum absolute atomic E-state index is 0.740. The number of ether oxygens (including phenoxy) is 2. The lowest BCUT2D eigenvalue weighted by Gasteiger charge is -2.20. The minimum Gasteiger partial charge on any atom is -0.493 e. The van der Waals surface area contributed by atoms with Crippen LogP contribution in [0.4, 0.5) is 0 Å². The van der Waals surface area contributed by atoms with E-state index in [2.05, 4.69) is 18.7 Å². The van der Waals surface area contributed by atoms with E-state index in [0.29, 0.717) is 0 Å². The van der Waals surface area contributed by atoms with E-state index in [1.807, 2.05) is 24.3 Å². The fraction of sp³-hybridized carbons (Fsp3) is 0.625. The van der Waals surface area contributed by atoms with Crippen molar-refractivity contribution in [2.75, 3.05) is 33.4 Å². The Labute approximate surface area is 117 Å². The van der Waals surface area contributed by atoms with Crippen molar-refractivity contribution in [2.24, 2.45) is 0 Å². The number of para-hydroxylation sites is 2. The van der Waals surface area contributed by atoms with E-state index in [1.165, 1.54) is 25.9 Å². The summed E-state index contributed by atoms with van der Waals surface area (Å²) in [6.07, 6.45) is 3.48. The minimum atomic E-state index is 0.740. The summed E-state index contributed by atoms with van der Waals surface area (Å²) in [4.78, 5) is 2.51. The van der Waals surface area contributed by atoms with Crippen molar-refractivity contribution in [3.05, 3.63) is 24.3 Å². The Bertz CT molecular complexity index is 335. The maximum Gasteiger partial charge on any atom is 0.161 e. The van der Waals surface area contributed by atoms with Gasteiger partial charge in [-0.2, -0.15) is 0 Å². The van der Waals surface area contributed by atoms with E-state index in [1.54, 1.807) is 7.11 Å². The second-order valence-corrected chi connectivity index (χ2v) is 4.69. The second kappa shape index (κ2) is 9.68. The third-order valence-electron chi connectivity index (χ3n) is 3.02. The van der Waals surface area contributed by atoms with Crippen LogP contribution in [0, 0.1) is 0 Å². The molecular weight excluding hydrogens is 238 g/mol. The number of benzene rings is 1. The Morgan fingerprint density at radius 2 is 1.58 bits per heavy atom. The van der Waals surface area contributed by atoms with Crippen molar-refractivity contribution in [3.63, 3.8) is 0 Å². The Hall–Kier alpha value is -1.22. The van der Waals surface area contributed by atoms with Gasteiger partial charge < -0.3 is 14.4 Å². The quantitative estimate of drug-likeness (QED) is 0.603. The molecule has 0 saturated carbocycles. The molecule has 1 aromatic carbocycles. The molecule has 3 nitrogen and oxygen atoms in total. The van der Waals surface area contributed by atoms with Crippen molar-refractivity contribution < 1.29 is 9.47 Å². The van der Waals surface area contributed by atoms with Gasteiger partial charge in [-0.25, -0.2) is 0 Å². The molecule has 1 aromatic rings. The summed E-state index contributed by atoms with van der Waals surface area (Å²) in [5.74, 6) is 1.64. The average molecular weight is 265 g/mol. The molecule has 3 heteroatoms. The fourth-order valence-corrected chi connectivity index (χ4v) is 2.18. The zero-order valence-electron chi connectivity index (χ0n) is 12.5. The SMILES string of the molecule is CCCN(CCC)CCCOc1ccccc1OC. The lowest BCUT2D eigenvalue weighted by molar-refractivity contribution is 0.230. The van der Waals surface area contributed by atoms with Crippen LogP contribution in [0.3, 0.4) is 0 Å². The maximum absolute atomic E-state index is 5.78. The molecule has 19 heavy (non-hydrogen) atoms. The highest BCUT2D eigenvalue weighted by Gasteiger charge is 2.04. The number of nitrogens with zero attached hydrogens (tertiary/aromatic N) is 1. The van der Waals surface area contributed by atoms with Gasteiger partial charge >= 0.3 is 0 Å². The van der Waals surface area contributed by atoms with Gasteiger partial charge in [0.2, 0.25) is 0 Å². The van der Waals surface area contributed by atoms with Crippen LogP contribution in [-0.2, 0) is 0 Å². The van der Waals surface area contributed by atoms with Crippen molar-refractivity contribution in [3.8, 4) is 11.5 Å². The number of hydrogen-bond acceptors (Lipinski definition) is 3. The van der Waals surface area contributed by atoms with Crippen LogP contribution in [0.25, 0.3) is 0 Å². The summed E-state index contributed by atoms with van der Waals surface area (Å²) < 4.78 is 11.0. The zero-order valence-corrected chi connectivity index (χ0v) is 12.5. The first-order valence-electron chi connectivity index (χ1n) is 7.30. The zero-order chi connectivity index (χ0) is 13.9. The maximum atomic E-state index is 5.78. The first kappa shape index (κ1) is 15.8.